The fourth-order valence-corrected chi connectivity index (χ4v) is 4.36. The van der Waals surface area contributed by atoms with E-state index in [2.05, 4.69) is 79.7 Å². The molecule has 0 amide bonds. The summed E-state index contributed by atoms with van der Waals surface area (Å²) in [5.41, 5.74) is 8.20. The highest BCUT2D eigenvalue weighted by Crippen LogP contribution is 2.42. The van der Waals surface area contributed by atoms with Crippen molar-refractivity contribution in [3.8, 4) is 22.6 Å². The smallest absolute Gasteiger partial charge is 0.123 e. The third-order valence-electron chi connectivity index (χ3n) is 5.87. The fourth-order valence-electron chi connectivity index (χ4n) is 4.36. The van der Waals surface area contributed by atoms with Crippen LogP contribution in [0.2, 0.25) is 0 Å². The summed E-state index contributed by atoms with van der Waals surface area (Å²) < 4.78 is 0. The average Bonchev–Trinajstić information content (AvgIpc) is 2.63. The number of aryl methyl sites for hydroxylation is 2. The zero-order valence-electron chi connectivity index (χ0n) is 20.2. The van der Waals surface area contributed by atoms with E-state index in [0.29, 0.717) is 12.2 Å². The summed E-state index contributed by atoms with van der Waals surface area (Å²) in [7, 11) is 0. The molecule has 0 saturated heterocycles. The van der Waals surface area contributed by atoms with Crippen LogP contribution in [-0.4, -0.2) is 10.2 Å². The molecule has 3 aromatic rings. The molecule has 3 rings (SSSR count). The summed E-state index contributed by atoms with van der Waals surface area (Å²) in [4.78, 5) is 0. The van der Waals surface area contributed by atoms with Crippen molar-refractivity contribution in [3.05, 3.63) is 81.9 Å². The van der Waals surface area contributed by atoms with Crippen LogP contribution >= 0.6 is 0 Å². The predicted octanol–water partition coefficient (Wildman–Crippen LogP) is 7.57. The summed E-state index contributed by atoms with van der Waals surface area (Å²) in [6, 6.07) is 16.1. The highest BCUT2D eigenvalue weighted by atomic mass is 16.3. The molecule has 0 fully saturated rings. The maximum Gasteiger partial charge on any atom is 0.123 e. The van der Waals surface area contributed by atoms with Crippen LogP contribution in [0.4, 0.5) is 0 Å². The van der Waals surface area contributed by atoms with Gasteiger partial charge in [0.05, 0.1) is 0 Å². The Balaban J connectivity index is 2.30. The van der Waals surface area contributed by atoms with Gasteiger partial charge in [-0.1, -0.05) is 95.1 Å². The lowest BCUT2D eigenvalue weighted by molar-refractivity contribution is 0.441. The largest absolute Gasteiger partial charge is 0.507 e. The van der Waals surface area contributed by atoms with E-state index in [1.54, 1.807) is 6.07 Å². The minimum absolute atomic E-state index is 0.0936. The first kappa shape index (κ1) is 22.9. The van der Waals surface area contributed by atoms with E-state index < -0.39 is 0 Å². The molecule has 0 radical (unpaired) electrons. The van der Waals surface area contributed by atoms with E-state index in [-0.39, 0.29) is 16.6 Å². The lowest BCUT2D eigenvalue weighted by Crippen LogP contribution is -2.15. The maximum absolute atomic E-state index is 11.2. The molecule has 0 heterocycles. The van der Waals surface area contributed by atoms with Gasteiger partial charge in [0.2, 0.25) is 0 Å². The second-order valence-corrected chi connectivity index (χ2v) is 10.9. The van der Waals surface area contributed by atoms with E-state index in [4.69, 9.17) is 0 Å². The van der Waals surface area contributed by atoms with Crippen molar-refractivity contribution in [2.24, 2.45) is 0 Å². The zero-order valence-corrected chi connectivity index (χ0v) is 20.2. The highest BCUT2D eigenvalue weighted by molar-refractivity contribution is 5.78. The van der Waals surface area contributed by atoms with Gasteiger partial charge < -0.3 is 10.2 Å². The van der Waals surface area contributed by atoms with Crippen molar-refractivity contribution in [2.45, 2.75) is 72.6 Å². The molecule has 2 heteroatoms. The Hall–Kier alpha value is -2.74. The van der Waals surface area contributed by atoms with Crippen molar-refractivity contribution in [1.29, 1.82) is 0 Å². The van der Waals surface area contributed by atoms with Crippen LogP contribution in [-0.2, 0) is 17.3 Å². The quantitative estimate of drug-likeness (QED) is 0.462. The van der Waals surface area contributed by atoms with E-state index in [1.807, 2.05) is 18.2 Å². The second kappa shape index (κ2) is 8.07. The van der Waals surface area contributed by atoms with Gasteiger partial charge in [-0.3, -0.25) is 0 Å². The third-order valence-corrected chi connectivity index (χ3v) is 5.87. The van der Waals surface area contributed by atoms with Crippen molar-refractivity contribution in [2.75, 3.05) is 0 Å². The van der Waals surface area contributed by atoms with Crippen molar-refractivity contribution >= 4 is 0 Å². The first-order valence-electron chi connectivity index (χ1n) is 11.0. The van der Waals surface area contributed by atoms with Gasteiger partial charge in [-0.2, -0.15) is 0 Å². The third kappa shape index (κ3) is 4.79. The van der Waals surface area contributed by atoms with Gasteiger partial charge in [-0.25, -0.2) is 0 Å². The van der Waals surface area contributed by atoms with Crippen LogP contribution in [0.15, 0.2) is 48.5 Å². The maximum atomic E-state index is 11.2. The Morgan fingerprint density at radius 1 is 0.677 bits per heavy atom. The number of aromatic hydroxyl groups is 2. The SMILES string of the molecule is Cc1cc(Cc2cc(C)cc(C(C)(C)C)c2-c2ccccc2O)c(O)c(C(C)(C)C)c1. The molecule has 0 atom stereocenters. The van der Waals surface area contributed by atoms with Gasteiger partial charge in [0.1, 0.15) is 11.5 Å². The molecule has 0 spiro atoms. The van der Waals surface area contributed by atoms with E-state index in [1.165, 1.54) is 11.1 Å². The van der Waals surface area contributed by atoms with Gasteiger partial charge in [-0.05, 0) is 58.6 Å². The van der Waals surface area contributed by atoms with Crippen LogP contribution in [0, 0.1) is 13.8 Å². The molecule has 31 heavy (non-hydrogen) atoms. The van der Waals surface area contributed by atoms with Crippen molar-refractivity contribution in [3.63, 3.8) is 0 Å². The molecule has 0 aliphatic heterocycles. The lowest BCUT2D eigenvalue weighted by Gasteiger charge is -2.27. The Bertz CT molecular complexity index is 1110. The van der Waals surface area contributed by atoms with Crippen LogP contribution in [0.1, 0.15) is 74.9 Å². The summed E-state index contributed by atoms with van der Waals surface area (Å²) in [5, 5.41) is 21.9. The average molecular weight is 417 g/mol. The van der Waals surface area contributed by atoms with E-state index >= 15 is 0 Å². The number of benzene rings is 3. The lowest BCUT2D eigenvalue weighted by atomic mass is 9.77. The van der Waals surface area contributed by atoms with Gasteiger partial charge >= 0.3 is 0 Å². The number of phenols is 2. The minimum atomic E-state index is -0.144. The van der Waals surface area contributed by atoms with E-state index in [0.717, 1.165) is 33.4 Å². The summed E-state index contributed by atoms with van der Waals surface area (Å²) >= 11 is 0. The molecule has 3 aromatic carbocycles. The molecule has 0 aliphatic carbocycles. The normalized spacial score (nSPS) is 12.3. The van der Waals surface area contributed by atoms with Crippen molar-refractivity contribution < 1.29 is 10.2 Å². The summed E-state index contributed by atoms with van der Waals surface area (Å²) in [5.74, 6) is 0.655. The molecule has 0 aliphatic rings. The van der Waals surface area contributed by atoms with Gasteiger partial charge in [0.25, 0.3) is 0 Å². The molecule has 2 nitrogen and oxygen atoms in total. The fraction of sp³-hybridized carbons (Fsp3) is 0.379. The number of phenolic OH excluding ortho intramolecular Hbond substituents is 2. The monoisotopic (exact) mass is 416 g/mol. The van der Waals surface area contributed by atoms with Gasteiger partial charge in [0, 0.05) is 12.0 Å². The molecule has 164 valence electrons. The minimum Gasteiger partial charge on any atom is -0.507 e. The highest BCUT2D eigenvalue weighted by Gasteiger charge is 2.25. The molecule has 2 N–H and O–H groups in total. The molecule has 0 bridgehead atoms. The number of hydrogen-bond donors (Lipinski definition) is 2. The second-order valence-electron chi connectivity index (χ2n) is 10.9. The molecular formula is C29H36O2. The molecule has 0 saturated carbocycles. The predicted molar refractivity (Wildman–Crippen MR) is 131 cm³/mol. The van der Waals surface area contributed by atoms with Crippen LogP contribution in [0.3, 0.4) is 0 Å². The Labute approximate surface area is 187 Å². The summed E-state index contributed by atoms with van der Waals surface area (Å²) in [6.07, 6.45) is 0.602. The first-order valence-corrected chi connectivity index (χ1v) is 11.0. The van der Waals surface area contributed by atoms with Crippen LogP contribution in [0.25, 0.3) is 11.1 Å². The zero-order chi connectivity index (χ0) is 23.1. The Morgan fingerprint density at radius 2 is 1.19 bits per heavy atom. The van der Waals surface area contributed by atoms with Crippen LogP contribution < -0.4 is 0 Å². The van der Waals surface area contributed by atoms with E-state index in [9.17, 15) is 10.2 Å². The molecule has 0 unspecified atom stereocenters. The first-order chi connectivity index (χ1) is 14.3. The number of hydrogen-bond acceptors (Lipinski definition) is 2. The Kier molecular flexibility index (Phi) is 5.97. The molecular weight excluding hydrogens is 380 g/mol. The van der Waals surface area contributed by atoms with Crippen molar-refractivity contribution in [1.82, 2.24) is 0 Å². The van der Waals surface area contributed by atoms with Crippen LogP contribution in [0.5, 0.6) is 11.5 Å². The summed E-state index contributed by atoms with van der Waals surface area (Å²) in [6.45, 7) is 17.2. The number of rotatable bonds is 3. The Morgan fingerprint density at radius 3 is 1.74 bits per heavy atom. The van der Waals surface area contributed by atoms with Gasteiger partial charge in [0.15, 0.2) is 0 Å². The number of para-hydroxylation sites is 1. The molecule has 0 aromatic heterocycles. The standard InChI is InChI=1S/C29H36O2/c1-18-13-20(17-21-14-19(2)16-24(27(21)31)29(6,7)8)26(23(15-18)28(3,4)5)22-11-9-10-12-25(22)30/h9-16,30-31H,17H2,1-8H3. The topological polar surface area (TPSA) is 40.5 Å². The van der Waals surface area contributed by atoms with Gasteiger partial charge in [-0.15, -0.1) is 0 Å².